The quantitative estimate of drug-likeness (QED) is 0.298. The van der Waals surface area contributed by atoms with Gasteiger partial charge in [0.1, 0.15) is 0 Å². The summed E-state index contributed by atoms with van der Waals surface area (Å²) in [6, 6.07) is 0. The number of rotatable bonds is 11. The summed E-state index contributed by atoms with van der Waals surface area (Å²) < 4.78 is 5.52. The number of guanidine groups is 1. The molecule has 2 fully saturated rings. The molecule has 2 rings (SSSR count). The minimum atomic E-state index is -0.524. The molecule has 0 aromatic heterocycles. The lowest BCUT2D eigenvalue weighted by molar-refractivity contribution is 0.0368. The average Bonchev–Trinajstić information content (AvgIpc) is 3.42. The molecule has 3 N–H and O–H groups in total. The normalized spacial score (nSPS) is 21.3. The topological polar surface area (TPSA) is 69.1 Å². The van der Waals surface area contributed by atoms with Crippen molar-refractivity contribution in [1.29, 1.82) is 0 Å². The fourth-order valence-electron chi connectivity index (χ4n) is 3.04. The molecule has 1 aliphatic carbocycles. The third-order valence-electron chi connectivity index (χ3n) is 4.98. The molecule has 0 aromatic rings. The Balaban J connectivity index is 1.56. The summed E-state index contributed by atoms with van der Waals surface area (Å²) in [5, 5.41) is 16.6. The molecule has 1 saturated heterocycles. The highest BCUT2D eigenvalue weighted by molar-refractivity contribution is 5.79. The molecule has 0 bridgehead atoms. The maximum Gasteiger partial charge on any atom is 0.191 e. The van der Waals surface area contributed by atoms with E-state index < -0.39 is 6.10 Å². The first kappa shape index (κ1) is 20.5. The van der Waals surface area contributed by atoms with Gasteiger partial charge in [0.05, 0.1) is 19.3 Å². The van der Waals surface area contributed by atoms with Crippen LogP contribution in [0.4, 0.5) is 0 Å². The van der Waals surface area contributed by atoms with Gasteiger partial charge in [0.25, 0.3) is 0 Å². The van der Waals surface area contributed by atoms with Crippen molar-refractivity contribution in [2.75, 3.05) is 52.5 Å². The van der Waals surface area contributed by atoms with E-state index in [1.165, 1.54) is 38.8 Å². The van der Waals surface area contributed by atoms with Crippen LogP contribution in [0, 0.1) is 11.8 Å². The fourth-order valence-corrected chi connectivity index (χ4v) is 3.04. The van der Waals surface area contributed by atoms with Crippen LogP contribution in [-0.2, 0) is 4.74 Å². The van der Waals surface area contributed by atoms with Crippen LogP contribution in [0.1, 0.15) is 46.0 Å². The molecule has 1 heterocycles. The summed E-state index contributed by atoms with van der Waals surface area (Å²) in [6.45, 7) is 11.3. The number of nitrogens with zero attached hydrogens (tertiary/aromatic N) is 2. The van der Waals surface area contributed by atoms with Crippen molar-refractivity contribution in [2.45, 2.75) is 52.1 Å². The summed E-state index contributed by atoms with van der Waals surface area (Å²) in [5.41, 5.74) is 0. The maximum atomic E-state index is 9.97. The van der Waals surface area contributed by atoms with Crippen LogP contribution in [0.15, 0.2) is 4.99 Å². The zero-order chi connectivity index (χ0) is 17.9. The van der Waals surface area contributed by atoms with E-state index in [0.29, 0.717) is 13.2 Å². The van der Waals surface area contributed by atoms with Crippen LogP contribution >= 0.6 is 0 Å². The van der Waals surface area contributed by atoms with Gasteiger partial charge in [0, 0.05) is 19.7 Å². The van der Waals surface area contributed by atoms with Gasteiger partial charge in [-0.15, -0.1) is 0 Å². The first-order valence-electron chi connectivity index (χ1n) is 10.2. The number of aliphatic hydroxyl groups excluding tert-OH is 1. The zero-order valence-corrected chi connectivity index (χ0v) is 16.2. The first-order chi connectivity index (χ1) is 12.2. The average molecular weight is 355 g/mol. The summed E-state index contributed by atoms with van der Waals surface area (Å²) in [7, 11) is 0. The number of piperidine rings is 1. The number of aliphatic hydroxyl groups is 1. The van der Waals surface area contributed by atoms with E-state index in [1.54, 1.807) is 0 Å². The molecule has 1 saturated carbocycles. The predicted octanol–water partition coefficient (Wildman–Crippen LogP) is 1.45. The number of likely N-dealkylation sites (tertiary alicyclic amines) is 1. The van der Waals surface area contributed by atoms with Gasteiger partial charge in [-0.2, -0.15) is 0 Å². The number of nitrogens with one attached hydrogen (secondary N) is 2. The van der Waals surface area contributed by atoms with E-state index in [0.717, 1.165) is 50.5 Å². The van der Waals surface area contributed by atoms with Gasteiger partial charge in [-0.1, -0.05) is 6.92 Å². The van der Waals surface area contributed by atoms with Crippen LogP contribution < -0.4 is 10.6 Å². The van der Waals surface area contributed by atoms with Gasteiger partial charge in [-0.3, -0.25) is 4.99 Å². The Morgan fingerprint density at radius 3 is 2.68 bits per heavy atom. The smallest absolute Gasteiger partial charge is 0.191 e. The first-order valence-corrected chi connectivity index (χ1v) is 10.2. The van der Waals surface area contributed by atoms with Crippen LogP contribution in [0.25, 0.3) is 0 Å². The van der Waals surface area contributed by atoms with Crippen LogP contribution in [0.5, 0.6) is 0 Å². The highest BCUT2D eigenvalue weighted by atomic mass is 16.5. The lowest BCUT2D eigenvalue weighted by Crippen LogP contribution is -2.40. The summed E-state index contributed by atoms with van der Waals surface area (Å²) in [5.74, 6) is 2.41. The van der Waals surface area contributed by atoms with Gasteiger partial charge in [-0.05, 0) is 70.5 Å². The zero-order valence-electron chi connectivity index (χ0n) is 16.2. The standard InChI is InChI=1S/C19H38N4O2/c1-3-20-19(22-13-18(24)15-25-14-17-5-6-17)21-9-4-10-23-11-7-16(2)8-12-23/h16-18,24H,3-15H2,1-2H3,(H2,20,21,22). The Labute approximate surface area is 153 Å². The molecule has 146 valence electrons. The minimum absolute atomic E-state index is 0.379. The molecule has 0 spiro atoms. The van der Waals surface area contributed by atoms with Crippen molar-refractivity contribution in [3.05, 3.63) is 0 Å². The summed E-state index contributed by atoms with van der Waals surface area (Å²) >= 11 is 0. The van der Waals surface area contributed by atoms with Gasteiger partial charge >= 0.3 is 0 Å². The molecule has 0 amide bonds. The molecule has 25 heavy (non-hydrogen) atoms. The largest absolute Gasteiger partial charge is 0.389 e. The lowest BCUT2D eigenvalue weighted by atomic mass is 9.99. The molecular formula is C19H38N4O2. The Hall–Kier alpha value is -0.850. The van der Waals surface area contributed by atoms with E-state index in [9.17, 15) is 5.11 Å². The van der Waals surface area contributed by atoms with E-state index in [1.807, 2.05) is 0 Å². The Morgan fingerprint density at radius 1 is 1.24 bits per heavy atom. The van der Waals surface area contributed by atoms with E-state index in [-0.39, 0.29) is 0 Å². The number of ether oxygens (including phenoxy) is 1. The second-order valence-electron chi connectivity index (χ2n) is 7.66. The highest BCUT2D eigenvalue weighted by Gasteiger charge is 2.21. The van der Waals surface area contributed by atoms with Crippen LogP contribution in [-0.4, -0.2) is 74.6 Å². The second-order valence-corrected chi connectivity index (χ2v) is 7.66. The molecule has 1 atom stereocenters. The number of hydrogen-bond donors (Lipinski definition) is 3. The van der Waals surface area contributed by atoms with Crippen molar-refractivity contribution in [1.82, 2.24) is 15.5 Å². The maximum absolute atomic E-state index is 9.97. The second kappa shape index (κ2) is 11.7. The van der Waals surface area contributed by atoms with Crippen molar-refractivity contribution in [2.24, 2.45) is 16.8 Å². The van der Waals surface area contributed by atoms with Gasteiger partial charge < -0.3 is 25.4 Å². The van der Waals surface area contributed by atoms with E-state index in [4.69, 9.17) is 4.74 Å². The lowest BCUT2D eigenvalue weighted by Gasteiger charge is -2.30. The molecule has 2 aliphatic rings. The van der Waals surface area contributed by atoms with Crippen LogP contribution in [0.3, 0.4) is 0 Å². The highest BCUT2D eigenvalue weighted by Crippen LogP contribution is 2.28. The van der Waals surface area contributed by atoms with Crippen LogP contribution in [0.2, 0.25) is 0 Å². The third-order valence-corrected chi connectivity index (χ3v) is 4.98. The number of aliphatic imine (C=N–C) groups is 1. The van der Waals surface area contributed by atoms with Crippen molar-refractivity contribution >= 4 is 5.96 Å². The van der Waals surface area contributed by atoms with Gasteiger partial charge in [0.15, 0.2) is 5.96 Å². The van der Waals surface area contributed by atoms with Crippen molar-refractivity contribution in [3.8, 4) is 0 Å². The fraction of sp³-hybridized carbons (Fsp3) is 0.947. The van der Waals surface area contributed by atoms with Crippen molar-refractivity contribution < 1.29 is 9.84 Å². The molecule has 6 nitrogen and oxygen atoms in total. The number of hydrogen-bond acceptors (Lipinski definition) is 4. The SMILES string of the molecule is CCNC(=NCC(O)COCC1CC1)NCCCN1CCC(C)CC1. The molecule has 0 radical (unpaired) electrons. The monoisotopic (exact) mass is 354 g/mol. The Kier molecular flexibility index (Phi) is 9.58. The van der Waals surface area contributed by atoms with E-state index in [2.05, 4.69) is 34.4 Å². The summed E-state index contributed by atoms with van der Waals surface area (Å²) in [4.78, 5) is 7.03. The van der Waals surface area contributed by atoms with Crippen molar-refractivity contribution in [3.63, 3.8) is 0 Å². The third kappa shape index (κ3) is 9.42. The molecule has 1 aliphatic heterocycles. The minimum Gasteiger partial charge on any atom is -0.389 e. The molecule has 0 aromatic carbocycles. The van der Waals surface area contributed by atoms with Gasteiger partial charge in [0.2, 0.25) is 0 Å². The Morgan fingerprint density at radius 2 is 2.00 bits per heavy atom. The van der Waals surface area contributed by atoms with Gasteiger partial charge in [-0.25, -0.2) is 0 Å². The predicted molar refractivity (Wildman–Crippen MR) is 103 cm³/mol. The summed E-state index contributed by atoms with van der Waals surface area (Å²) in [6.07, 6.45) is 5.81. The Bertz CT molecular complexity index is 380. The molecule has 1 unspecified atom stereocenters. The molecular weight excluding hydrogens is 316 g/mol. The molecule has 6 heteroatoms. The van der Waals surface area contributed by atoms with E-state index >= 15 is 0 Å².